The summed E-state index contributed by atoms with van der Waals surface area (Å²) in [6.45, 7) is 6.74. The van der Waals surface area contributed by atoms with Crippen molar-refractivity contribution in [3.8, 4) is 5.75 Å². The maximum atomic E-state index is 5.50. The molecule has 0 spiro atoms. The highest BCUT2D eigenvalue weighted by Crippen LogP contribution is 2.60. The van der Waals surface area contributed by atoms with Crippen LogP contribution in [0.4, 0.5) is 0 Å². The molecule has 2 aromatic rings. The predicted molar refractivity (Wildman–Crippen MR) is 106 cm³/mol. The molecule has 130 valence electrons. The summed E-state index contributed by atoms with van der Waals surface area (Å²) in [4.78, 5) is 1.40. The highest BCUT2D eigenvalue weighted by atomic mass is 32.2. The fourth-order valence-corrected chi connectivity index (χ4v) is 5.53. The van der Waals surface area contributed by atoms with Crippen molar-refractivity contribution < 1.29 is 4.74 Å². The summed E-state index contributed by atoms with van der Waals surface area (Å²) in [5.41, 5.74) is 7.24. The normalized spacial score (nSPS) is 22.8. The highest BCUT2D eigenvalue weighted by molar-refractivity contribution is 8.01. The van der Waals surface area contributed by atoms with Crippen LogP contribution in [0.25, 0.3) is 5.57 Å². The van der Waals surface area contributed by atoms with Gasteiger partial charge in [0.1, 0.15) is 5.75 Å². The second-order valence-electron chi connectivity index (χ2n) is 7.10. The van der Waals surface area contributed by atoms with Crippen molar-refractivity contribution in [3.63, 3.8) is 0 Å². The fraction of sp³-hybridized carbons (Fsp3) is 0.364. The summed E-state index contributed by atoms with van der Waals surface area (Å²) in [6.07, 6.45) is 2.28. The van der Waals surface area contributed by atoms with Crippen LogP contribution in [-0.4, -0.2) is 20.2 Å². The van der Waals surface area contributed by atoms with Crippen LogP contribution in [-0.2, 0) is 4.75 Å². The van der Waals surface area contributed by atoms with Crippen LogP contribution in [0.2, 0.25) is 0 Å². The molecule has 0 saturated carbocycles. The quantitative estimate of drug-likeness (QED) is 0.807. The SMILES string of the molecule is COc1cccc(C2(C)Sc3ccc(C)cc3C2=C2CCNCC2)c1. The molecule has 1 fully saturated rings. The third-order valence-corrected chi connectivity index (χ3v) is 6.80. The third kappa shape index (κ3) is 2.90. The summed E-state index contributed by atoms with van der Waals surface area (Å²) in [5.74, 6) is 0.932. The number of fused-ring (bicyclic) bond motifs is 1. The minimum atomic E-state index is -0.0582. The van der Waals surface area contributed by atoms with Gasteiger partial charge in [-0.05, 0) is 74.7 Å². The number of hydrogen-bond donors (Lipinski definition) is 1. The molecule has 3 heteroatoms. The van der Waals surface area contributed by atoms with Gasteiger partial charge in [0.05, 0.1) is 11.9 Å². The zero-order valence-electron chi connectivity index (χ0n) is 15.2. The number of rotatable bonds is 2. The number of piperidine rings is 1. The van der Waals surface area contributed by atoms with Crippen molar-refractivity contribution in [3.05, 3.63) is 64.7 Å². The van der Waals surface area contributed by atoms with Gasteiger partial charge < -0.3 is 10.1 Å². The Morgan fingerprint density at radius 1 is 1.08 bits per heavy atom. The molecule has 0 amide bonds. The molecule has 0 radical (unpaired) electrons. The maximum Gasteiger partial charge on any atom is 0.119 e. The van der Waals surface area contributed by atoms with E-state index in [1.807, 2.05) is 17.8 Å². The van der Waals surface area contributed by atoms with Gasteiger partial charge in [-0.15, -0.1) is 11.8 Å². The van der Waals surface area contributed by atoms with Gasteiger partial charge in [0.15, 0.2) is 0 Å². The van der Waals surface area contributed by atoms with Crippen molar-refractivity contribution in [1.29, 1.82) is 0 Å². The van der Waals surface area contributed by atoms with Crippen LogP contribution in [0, 0.1) is 6.92 Å². The molecule has 2 heterocycles. The standard InChI is InChI=1S/C22H25NOS/c1-15-7-8-20-19(13-15)21(16-9-11-23-12-10-16)22(2,25-20)17-5-4-6-18(14-17)24-3/h4-8,13-14,23H,9-12H2,1-3H3. The van der Waals surface area contributed by atoms with Crippen molar-refractivity contribution in [2.75, 3.05) is 20.2 Å². The Morgan fingerprint density at radius 3 is 2.64 bits per heavy atom. The Kier molecular flexibility index (Phi) is 4.38. The minimum absolute atomic E-state index is 0.0582. The average Bonchev–Trinajstić information content (AvgIpc) is 2.95. The first-order chi connectivity index (χ1) is 12.1. The van der Waals surface area contributed by atoms with Crippen molar-refractivity contribution >= 4 is 17.3 Å². The van der Waals surface area contributed by atoms with E-state index in [9.17, 15) is 0 Å². The van der Waals surface area contributed by atoms with Crippen LogP contribution in [0.5, 0.6) is 5.75 Å². The van der Waals surface area contributed by atoms with Gasteiger partial charge in [0, 0.05) is 4.90 Å². The molecule has 1 saturated heterocycles. The Morgan fingerprint density at radius 2 is 1.88 bits per heavy atom. The Balaban J connectivity index is 1.92. The summed E-state index contributed by atoms with van der Waals surface area (Å²) >= 11 is 1.99. The summed E-state index contributed by atoms with van der Waals surface area (Å²) < 4.78 is 5.44. The lowest BCUT2D eigenvalue weighted by molar-refractivity contribution is 0.414. The van der Waals surface area contributed by atoms with Crippen LogP contribution >= 0.6 is 11.8 Å². The molecule has 2 aliphatic rings. The predicted octanol–water partition coefficient (Wildman–Crippen LogP) is 5.16. The van der Waals surface area contributed by atoms with E-state index < -0.39 is 0 Å². The summed E-state index contributed by atoms with van der Waals surface area (Å²) in [7, 11) is 1.74. The molecule has 2 aromatic carbocycles. The second-order valence-corrected chi connectivity index (χ2v) is 8.56. The Bertz CT molecular complexity index is 834. The molecular formula is C22H25NOS. The van der Waals surface area contributed by atoms with E-state index in [1.54, 1.807) is 12.7 Å². The number of benzene rings is 2. The van der Waals surface area contributed by atoms with Crippen LogP contribution in [0.1, 0.15) is 36.5 Å². The molecule has 1 N–H and O–H groups in total. The Hall–Kier alpha value is -1.71. The second kappa shape index (κ2) is 6.54. The first-order valence-electron chi connectivity index (χ1n) is 8.99. The number of nitrogens with one attached hydrogen (secondary N) is 1. The molecular weight excluding hydrogens is 326 g/mol. The number of hydrogen-bond acceptors (Lipinski definition) is 3. The summed E-state index contributed by atoms with van der Waals surface area (Å²) in [5, 5.41) is 3.50. The van der Waals surface area contributed by atoms with Crippen LogP contribution < -0.4 is 10.1 Å². The van der Waals surface area contributed by atoms with Crippen molar-refractivity contribution in [2.24, 2.45) is 0 Å². The Labute approximate surface area is 154 Å². The first kappa shape index (κ1) is 16.7. The zero-order valence-corrected chi connectivity index (χ0v) is 16.0. The molecule has 0 aliphatic carbocycles. The van der Waals surface area contributed by atoms with E-state index in [4.69, 9.17) is 4.74 Å². The van der Waals surface area contributed by atoms with E-state index in [0.29, 0.717) is 0 Å². The van der Waals surface area contributed by atoms with Gasteiger partial charge in [0.2, 0.25) is 0 Å². The van der Waals surface area contributed by atoms with Gasteiger partial charge in [-0.1, -0.05) is 35.4 Å². The van der Waals surface area contributed by atoms with E-state index >= 15 is 0 Å². The third-order valence-electron chi connectivity index (χ3n) is 5.38. The molecule has 2 nitrogen and oxygen atoms in total. The molecule has 1 atom stereocenters. The van der Waals surface area contributed by atoms with Crippen molar-refractivity contribution in [1.82, 2.24) is 5.32 Å². The molecule has 2 aliphatic heterocycles. The number of ether oxygens (including phenoxy) is 1. The van der Waals surface area contributed by atoms with Gasteiger partial charge >= 0.3 is 0 Å². The van der Waals surface area contributed by atoms with Crippen LogP contribution in [0.3, 0.4) is 0 Å². The number of aryl methyl sites for hydroxylation is 1. The van der Waals surface area contributed by atoms with Gasteiger partial charge in [-0.2, -0.15) is 0 Å². The fourth-order valence-electron chi connectivity index (χ4n) is 4.09. The number of thioether (sulfide) groups is 1. The molecule has 0 bridgehead atoms. The van der Waals surface area contributed by atoms with Gasteiger partial charge in [-0.3, -0.25) is 0 Å². The topological polar surface area (TPSA) is 21.3 Å². The first-order valence-corrected chi connectivity index (χ1v) is 9.81. The van der Waals surface area contributed by atoms with Gasteiger partial charge in [-0.25, -0.2) is 0 Å². The van der Waals surface area contributed by atoms with E-state index in [2.05, 4.69) is 55.6 Å². The molecule has 25 heavy (non-hydrogen) atoms. The van der Waals surface area contributed by atoms with Crippen LogP contribution in [0.15, 0.2) is 52.9 Å². The number of methoxy groups -OCH3 is 1. The smallest absolute Gasteiger partial charge is 0.119 e. The lowest BCUT2D eigenvalue weighted by atomic mass is 9.81. The zero-order chi connectivity index (χ0) is 17.4. The lowest BCUT2D eigenvalue weighted by Gasteiger charge is -2.30. The van der Waals surface area contributed by atoms with E-state index in [1.165, 1.54) is 27.2 Å². The lowest BCUT2D eigenvalue weighted by Crippen LogP contribution is -2.26. The molecule has 1 unspecified atom stereocenters. The van der Waals surface area contributed by atoms with E-state index in [0.717, 1.165) is 31.7 Å². The highest BCUT2D eigenvalue weighted by Gasteiger charge is 2.42. The van der Waals surface area contributed by atoms with Gasteiger partial charge in [0.25, 0.3) is 0 Å². The average molecular weight is 352 g/mol. The minimum Gasteiger partial charge on any atom is -0.497 e. The monoisotopic (exact) mass is 351 g/mol. The molecule has 0 aromatic heterocycles. The maximum absolute atomic E-state index is 5.50. The largest absolute Gasteiger partial charge is 0.497 e. The molecule has 4 rings (SSSR count). The van der Waals surface area contributed by atoms with Crippen molar-refractivity contribution in [2.45, 2.75) is 36.3 Å². The van der Waals surface area contributed by atoms with E-state index in [-0.39, 0.29) is 4.75 Å². The summed E-state index contributed by atoms with van der Waals surface area (Å²) in [6, 6.07) is 15.5.